The number of Topliss-reactive ketones (excluding diaryl/α,β-unsaturated/α-hetero) is 1. The second-order valence-electron chi connectivity index (χ2n) is 8.69. The number of ketones is 1. The number of aliphatic hydroxyl groups excluding tert-OH is 1. The Morgan fingerprint density at radius 3 is 2.25 bits per heavy atom. The molecule has 0 aliphatic carbocycles. The molecule has 0 bridgehead atoms. The van der Waals surface area contributed by atoms with Gasteiger partial charge in [-0.25, -0.2) is 4.79 Å². The van der Waals surface area contributed by atoms with Crippen LogP contribution in [0.25, 0.3) is 5.76 Å². The average molecular weight is 486 g/mol. The quantitative estimate of drug-likeness (QED) is 0.235. The Labute approximate surface area is 209 Å². The van der Waals surface area contributed by atoms with Gasteiger partial charge in [-0.15, -0.1) is 0 Å². The van der Waals surface area contributed by atoms with Gasteiger partial charge in [-0.3, -0.25) is 9.59 Å². The summed E-state index contributed by atoms with van der Waals surface area (Å²) in [5.41, 5.74) is 4.20. The first kappa shape index (κ1) is 24.7. The molecule has 1 aliphatic heterocycles. The standard InChI is InChI=1S/C29H27NO6/c1-17-8-11-22(14-18(17)2)26(31)24-25(21-6-5-7-23(15-21)35-3)30(28(33)27(24)32)16-19-9-12-20(13-10-19)29(34)36-4/h5-15,25,31H,16H2,1-4H3/b26-24-. The molecule has 1 saturated heterocycles. The number of ether oxygens (including phenoxy) is 2. The molecular weight excluding hydrogens is 458 g/mol. The SMILES string of the molecule is COC(=O)c1ccc(CN2C(=O)C(=O)/C(=C(\O)c3ccc(C)c(C)c3)C2c2cccc(OC)c2)cc1. The van der Waals surface area contributed by atoms with E-state index in [9.17, 15) is 19.5 Å². The van der Waals surface area contributed by atoms with Crippen LogP contribution in [0.4, 0.5) is 0 Å². The summed E-state index contributed by atoms with van der Waals surface area (Å²) < 4.78 is 10.1. The van der Waals surface area contributed by atoms with E-state index in [0.29, 0.717) is 28.0 Å². The molecule has 3 aromatic carbocycles. The van der Waals surface area contributed by atoms with E-state index in [-0.39, 0.29) is 17.9 Å². The lowest BCUT2D eigenvalue weighted by Crippen LogP contribution is -2.29. The highest BCUT2D eigenvalue weighted by molar-refractivity contribution is 6.46. The number of rotatable bonds is 6. The smallest absolute Gasteiger partial charge is 0.337 e. The van der Waals surface area contributed by atoms with Crippen LogP contribution in [0, 0.1) is 13.8 Å². The second kappa shape index (κ2) is 10.1. The van der Waals surface area contributed by atoms with Crippen molar-refractivity contribution in [1.82, 2.24) is 4.90 Å². The summed E-state index contributed by atoms with van der Waals surface area (Å²) >= 11 is 0. The molecule has 1 aliphatic rings. The van der Waals surface area contributed by atoms with Crippen LogP contribution in [0.1, 0.15) is 44.2 Å². The van der Waals surface area contributed by atoms with Gasteiger partial charge in [0.25, 0.3) is 11.7 Å². The molecule has 0 spiro atoms. The van der Waals surface area contributed by atoms with Gasteiger partial charge in [0.05, 0.1) is 31.4 Å². The Morgan fingerprint density at radius 1 is 0.917 bits per heavy atom. The minimum atomic E-state index is -0.831. The minimum Gasteiger partial charge on any atom is -0.507 e. The topological polar surface area (TPSA) is 93.1 Å². The number of amides is 1. The Hall–Kier alpha value is -4.39. The van der Waals surface area contributed by atoms with E-state index in [1.165, 1.54) is 19.1 Å². The summed E-state index contributed by atoms with van der Waals surface area (Å²) in [7, 11) is 2.84. The van der Waals surface area contributed by atoms with Crippen molar-refractivity contribution in [1.29, 1.82) is 0 Å². The Balaban J connectivity index is 1.82. The molecule has 1 N–H and O–H groups in total. The van der Waals surface area contributed by atoms with Gasteiger partial charge in [-0.05, 0) is 66.4 Å². The molecule has 7 heteroatoms. The first-order chi connectivity index (χ1) is 17.2. The Bertz CT molecular complexity index is 1370. The highest BCUT2D eigenvalue weighted by Crippen LogP contribution is 2.41. The van der Waals surface area contributed by atoms with Gasteiger partial charge in [0.2, 0.25) is 0 Å². The zero-order valence-electron chi connectivity index (χ0n) is 20.6. The summed E-state index contributed by atoms with van der Waals surface area (Å²) in [4.78, 5) is 39.8. The van der Waals surface area contributed by atoms with Crippen LogP contribution in [-0.2, 0) is 20.9 Å². The molecule has 1 atom stereocenters. The molecule has 0 radical (unpaired) electrons. The number of carbonyl (C=O) groups is 3. The number of aliphatic hydroxyl groups is 1. The molecule has 1 fully saturated rings. The molecule has 184 valence electrons. The number of benzene rings is 3. The number of hydrogen-bond acceptors (Lipinski definition) is 6. The van der Waals surface area contributed by atoms with Crippen LogP contribution in [0.2, 0.25) is 0 Å². The van der Waals surface area contributed by atoms with Crippen molar-refractivity contribution in [3.05, 3.63) is 106 Å². The van der Waals surface area contributed by atoms with Crippen molar-refractivity contribution >= 4 is 23.4 Å². The molecule has 0 saturated carbocycles. The van der Waals surface area contributed by atoms with Crippen LogP contribution in [0.5, 0.6) is 5.75 Å². The number of esters is 1. The summed E-state index contributed by atoms with van der Waals surface area (Å²) in [5.74, 6) is -1.61. The molecule has 36 heavy (non-hydrogen) atoms. The van der Waals surface area contributed by atoms with E-state index in [2.05, 4.69) is 0 Å². The lowest BCUT2D eigenvalue weighted by molar-refractivity contribution is -0.140. The highest BCUT2D eigenvalue weighted by atomic mass is 16.5. The van der Waals surface area contributed by atoms with Crippen LogP contribution < -0.4 is 4.74 Å². The van der Waals surface area contributed by atoms with Gasteiger partial charge in [0.15, 0.2) is 0 Å². The zero-order valence-corrected chi connectivity index (χ0v) is 20.6. The van der Waals surface area contributed by atoms with Crippen LogP contribution >= 0.6 is 0 Å². The lowest BCUT2D eigenvalue weighted by atomic mass is 9.94. The fourth-order valence-corrected chi connectivity index (χ4v) is 4.31. The molecule has 1 amide bonds. The summed E-state index contributed by atoms with van der Waals surface area (Å²) in [5, 5.41) is 11.3. The zero-order chi connectivity index (χ0) is 26.0. The van der Waals surface area contributed by atoms with Gasteiger partial charge in [0.1, 0.15) is 11.5 Å². The van der Waals surface area contributed by atoms with Crippen molar-refractivity contribution in [2.24, 2.45) is 0 Å². The normalized spacial score (nSPS) is 16.8. The first-order valence-corrected chi connectivity index (χ1v) is 11.4. The van der Waals surface area contributed by atoms with E-state index in [1.807, 2.05) is 19.9 Å². The number of nitrogens with zero attached hydrogens (tertiary/aromatic N) is 1. The van der Waals surface area contributed by atoms with Crippen molar-refractivity contribution < 1.29 is 29.0 Å². The summed E-state index contributed by atoms with van der Waals surface area (Å²) in [6.45, 7) is 3.97. The average Bonchev–Trinajstić information content (AvgIpc) is 3.14. The second-order valence-corrected chi connectivity index (χ2v) is 8.69. The molecule has 3 aromatic rings. The third-order valence-corrected chi connectivity index (χ3v) is 6.46. The van der Waals surface area contributed by atoms with Crippen molar-refractivity contribution in [3.8, 4) is 5.75 Å². The van der Waals surface area contributed by atoms with Crippen molar-refractivity contribution in [3.63, 3.8) is 0 Å². The number of likely N-dealkylation sites (tertiary alicyclic amines) is 1. The van der Waals surface area contributed by atoms with E-state index in [0.717, 1.165) is 11.1 Å². The van der Waals surface area contributed by atoms with Gasteiger partial charge in [-0.1, -0.05) is 36.4 Å². The van der Waals surface area contributed by atoms with Gasteiger partial charge < -0.3 is 19.5 Å². The van der Waals surface area contributed by atoms with Gasteiger partial charge >= 0.3 is 5.97 Å². The third-order valence-electron chi connectivity index (χ3n) is 6.46. The van der Waals surface area contributed by atoms with Gasteiger partial charge in [0, 0.05) is 12.1 Å². The van der Waals surface area contributed by atoms with E-state index in [4.69, 9.17) is 9.47 Å². The Kier molecular flexibility index (Phi) is 6.92. The maximum absolute atomic E-state index is 13.3. The number of carbonyl (C=O) groups excluding carboxylic acids is 3. The number of aryl methyl sites for hydroxylation is 2. The largest absolute Gasteiger partial charge is 0.507 e. The van der Waals surface area contributed by atoms with E-state index >= 15 is 0 Å². The summed E-state index contributed by atoms with van der Waals surface area (Å²) in [6.07, 6.45) is 0. The van der Waals surface area contributed by atoms with E-state index < -0.39 is 23.7 Å². The molecule has 0 aromatic heterocycles. The predicted octanol–water partition coefficient (Wildman–Crippen LogP) is 4.72. The molecule has 1 heterocycles. The third kappa shape index (κ3) is 4.60. The van der Waals surface area contributed by atoms with Gasteiger partial charge in [-0.2, -0.15) is 0 Å². The number of methoxy groups -OCH3 is 2. The van der Waals surface area contributed by atoms with Crippen LogP contribution in [0.3, 0.4) is 0 Å². The van der Waals surface area contributed by atoms with Crippen molar-refractivity contribution in [2.75, 3.05) is 14.2 Å². The maximum atomic E-state index is 13.3. The molecule has 4 rings (SSSR count). The lowest BCUT2D eigenvalue weighted by Gasteiger charge is -2.26. The van der Waals surface area contributed by atoms with Crippen molar-refractivity contribution in [2.45, 2.75) is 26.4 Å². The van der Waals surface area contributed by atoms with Crippen LogP contribution in [-0.4, -0.2) is 41.9 Å². The molecular formula is C29H27NO6. The van der Waals surface area contributed by atoms with Crippen LogP contribution in [0.15, 0.2) is 72.3 Å². The van der Waals surface area contributed by atoms with E-state index in [1.54, 1.807) is 60.7 Å². The first-order valence-electron chi connectivity index (χ1n) is 11.4. The predicted molar refractivity (Wildman–Crippen MR) is 135 cm³/mol. The number of hydrogen-bond donors (Lipinski definition) is 1. The molecule has 1 unspecified atom stereocenters. The fourth-order valence-electron chi connectivity index (χ4n) is 4.31. The highest BCUT2D eigenvalue weighted by Gasteiger charge is 2.46. The maximum Gasteiger partial charge on any atom is 0.337 e. The Morgan fingerprint density at radius 2 is 1.61 bits per heavy atom. The summed E-state index contributed by atoms with van der Waals surface area (Å²) in [6, 6.07) is 18.3. The minimum absolute atomic E-state index is 0.0164. The fraction of sp³-hybridized carbons (Fsp3) is 0.207. The monoisotopic (exact) mass is 485 g/mol. The molecule has 7 nitrogen and oxygen atoms in total.